The van der Waals surface area contributed by atoms with Crippen LogP contribution in [-0.4, -0.2) is 11.5 Å². The first kappa shape index (κ1) is 14.2. The lowest BCUT2D eigenvalue weighted by Crippen LogP contribution is -2.15. The van der Waals surface area contributed by atoms with Crippen molar-refractivity contribution in [3.05, 3.63) is 52.0 Å². The Morgan fingerprint density at radius 2 is 1.89 bits per heavy atom. The van der Waals surface area contributed by atoms with Gasteiger partial charge in [-0.05, 0) is 18.5 Å². The Bertz CT molecular complexity index is 497. The van der Waals surface area contributed by atoms with Crippen molar-refractivity contribution in [2.24, 2.45) is 0 Å². The molecule has 0 fully saturated rings. The van der Waals surface area contributed by atoms with E-state index < -0.39 is 0 Å². The van der Waals surface area contributed by atoms with Gasteiger partial charge in [-0.25, -0.2) is 4.98 Å². The molecule has 0 aliphatic heterocycles. The molecule has 0 spiro atoms. The van der Waals surface area contributed by atoms with E-state index in [1.807, 2.05) is 17.5 Å². The average molecular weight is 274 g/mol. The van der Waals surface area contributed by atoms with Crippen molar-refractivity contribution >= 4 is 11.3 Å². The van der Waals surface area contributed by atoms with E-state index in [2.05, 4.69) is 61.4 Å². The minimum absolute atomic E-state index is 0.160. The fraction of sp³-hybridized carbons (Fsp3) is 0.438. The minimum atomic E-state index is 0.160. The first-order chi connectivity index (χ1) is 9.05. The van der Waals surface area contributed by atoms with Crippen LogP contribution in [0.2, 0.25) is 0 Å². The van der Waals surface area contributed by atoms with Gasteiger partial charge in [-0.15, -0.1) is 11.3 Å². The Balaban J connectivity index is 1.76. The minimum Gasteiger partial charge on any atom is -0.311 e. The van der Waals surface area contributed by atoms with E-state index in [-0.39, 0.29) is 5.41 Å². The van der Waals surface area contributed by atoms with Crippen molar-refractivity contribution in [1.29, 1.82) is 0 Å². The van der Waals surface area contributed by atoms with Crippen LogP contribution in [0.1, 0.15) is 36.2 Å². The maximum Gasteiger partial charge on any atom is 0.0981 e. The molecular formula is C16H22N2S. The van der Waals surface area contributed by atoms with Crippen LogP contribution in [0, 0.1) is 0 Å². The Kier molecular flexibility index (Phi) is 4.72. The fourth-order valence-electron chi connectivity index (χ4n) is 1.82. The first-order valence-corrected chi connectivity index (χ1v) is 7.57. The number of thiazole rings is 1. The van der Waals surface area contributed by atoms with Gasteiger partial charge in [0.15, 0.2) is 0 Å². The SMILES string of the molecule is CC(C)(C)c1ncc(CNCCc2ccccc2)s1. The molecule has 0 radical (unpaired) electrons. The van der Waals surface area contributed by atoms with E-state index in [0.717, 1.165) is 19.5 Å². The summed E-state index contributed by atoms with van der Waals surface area (Å²) in [6.07, 6.45) is 3.08. The second kappa shape index (κ2) is 6.31. The van der Waals surface area contributed by atoms with Crippen molar-refractivity contribution in [3.8, 4) is 0 Å². The van der Waals surface area contributed by atoms with Gasteiger partial charge in [0.2, 0.25) is 0 Å². The highest BCUT2D eigenvalue weighted by atomic mass is 32.1. The Labute approximate surface area is 119 Å². The van der Waals surface area contributed by atoms with Crippen molar-refractivity contribution in [1.82, 2.24) is 10.3 Å². The molecule has 2 nitrogen and oxygen atoms in total. The number of benzene rings is 1. The molecule has 0 unspecified atom stereocenters. The molecule has 0 saturated carbocycles. The largest absolute Gasteiger partial charge is 0.311 e. The number of nitrogens with one attached hydrogen (secondary N) is 1. The third kappa shape index (κ3) is 4.44. The summed E-state index contributed by atoms with van der Waals surface area (Å²) in [5, 5.41) is 4.70. The second-order valence-electron chi connectivity index (χ2n) is 5.79. The zero-order valence-corrected chi connectivity index (χ0v) is 12.8. The molecule has 2 aromatic rings. The van der Waals surface area contributed by atoms with Gasteiger partial charge in [0.1, 0.15) is 0 Å². The molecule has 0 bridgehead atoms. The van der Waals surface area contributed by atoms with E-state index in [0.29, 0.717) is 0 Å². The van der Waals surface area contributed by atoms with Crippen molar-refractivity contribution in [3.63, 3.8) is 0 Å². The molecular weight excluding hydrogens is 252 g/mol. The van der Waals surface area contributed by atoms with Gasteiger partial charge in [-0.1, -0.05) is 51.1 Å². The maximum absolute atomic E-state index is 4.50. The third-order valence-corrected chi connectivity index (χ3v) is 4.35. The lowest BCUT2D eigenvalue weighted by atomic mass is 9.98. The molecule has 0 aliphatic rings. The van der Waals surface area contributed by atoms with E-state index in [9.17, 15) is 0 Å². The highest BCUT2D eigenvalue weighted by Gasteiger charge is 2.17. The van der Waals surface area contributed by atoms with Crippen molar-refractivity contribution in [2.75, 3.05) is 6.54 Å². The van der Waals surface area contributed by atoms with Gasteiger partial charge in [0.05, 0.1) is 5.01 Å². The third-order valence-electron chi connectivity index (χ3n) is 2.93. The molecule has 1 aromatic heterocycles. The summed E-state index contributed by atoms with van der Waals surface area (Å²) in [6.45, 7) is 8.54. The number of aromatic nitrogens is 1. The Morgan fingerprint density at radius 3 is 2.53 bits per heavy atom. The molecule has 1 aromatic carbocycles. The summed E-state index contributed by atoms with van der Waals surface area (Å²) in [5.41, 5.74) is 1.54. The molecule has 0 amide bonds. The molecule has 1 N–H and O–H groups in total. The second-order valence-corrected chi connectivity index (χ2v) is 6.91. The van der Waals surface area contributed by atoms with E-state index in [4.69, 9.17) is 0 Å². The lowest BCUT2D eigenvalue weighted by Gasteiger charge is -2.13. The summed E-state index contributed by atoms with van der Waals surface area (Å²) in [6, 6.07) is 10.6. The smallest absolute Gasteiger partial charge is 0.0981 e. The zero-order valence-electron chi connectivity index (χ0n) is 11.9. The van der Waals surface area contributed by atoms with Gasteiger partial charge in [-0.3, -0.25) is 0 Å². The van der Waals surface area contributed by atoms with Gasteiger partial charge in [0.25, 0.3) is 0 Å². The average Bonchev–Trinajstić information content (AvgIpc) is 2.85. The van der Waals surface area contributed by atoms with E-state index in [1.54, 1.807) is 0 Å². The summed E-state index contributed by atoms with van der Waals surface area (Å²) < 4.78 is 0. The normalized spacial score (nSPS) is 11.7. The van der Waals surface area contributed by atoms with Crippen molar-refractivity contribution in [2.45, 2.75) is 39.2 Å². The highest BCUT2D eigenvalue weighted by Crippen LogP contribution is 2.26. The topological polar surface area (TPSA) is 24.9 Å². The molecule has 0 aliphatic carbocycles. The van der Waals surface area contributed by atoms with Gasteiger partial charge >= 0.3 is 0 Å². The number of hydrogen-bond acceptors (Lipinski definition) is 3. The summed E-state index contributed by atoms with van der Waals surface area (Å²) >= 11 is 1.81. The quantitative estimate of drug-likeness (QED) is 0.839. The van der Waals surface area contributed by atoms with Gasteiger partial charge in [0, 0.05) is 23.0 Å². The Morgan fingerprint density at radius 1 is 1.16 bits per heavy atom. The van der Waals surface area contributed by atoms with Gasteiger partial charge in [-0.2, -0.15) is 0 Å². The highest BCUT2D eigenvalue weighted by molar-refractivity contribution is 7.11. The molecule has 0 atom stereocenters. The summed E-state index contributed by atoms with van der Waals surface area (Å²) in [5.74, 6) is 0. The van der Waals surface area contributed by atoms with E-state index >= 15 is 0 Å². The molecule has 1 heterocycles. The molecule has 19 heavy (non-hydrogen) atoms. The number of rotatable bonds is 5. The molecule has 3 heteroatoms. The van der Waals surface area contributed by atoms with Crippen molar-refractivity contribution < 1.29 is 0 Å². The lowest BCUT2D eigenvalue weighted by molar-refractivity contribution is 0.585. The number of hydrogen-bond donors (Lipinski definition) is 1. The maximum atomic E-state index is 4.50. The standard InChI is InChI=1S/C16H22N2S/c1-16(2,3)15-18-12-14(19-15)11-17-10-9-13-7-5-4-6-8-13/h4-8,12,17H,9-11H2,1-3H3. The van der Waals surface area contributed by atoms with Crippen LogP contribution in [-0.2, 0) is 18.4 Å². The van der Waals surface area contributed by atoms with Crippen LogP contribution < -0.4 is 5.32 Å². The predicted octanol–water partition coefficient (Wildman–Crippen LogP) is 3.77. The Hall–Kier alpha value is -1.19. The fourth-order valence-corrected chi connectivity index (χ4v) is 2.76. The predicted molar refractivity (Wildman–Crippen MR) is 82.7 cm³/mol. The monoisotopic (exact) mass is 274 g/mol. The molecule has 0 saturated heterocycles. The molecule has 102 valence electrons. The van der Waals surface area contributed by atoms with Crippen LogP contribution in [0.3, 0.4) is 0 Å². The van der Waals surface area contributed by atoms with Crippen LogP contribution in [0.25, 0.3) is 0 Å². The summed E-state index contributed by atoms with van der Waals surface area (Å²) in [7, 11) is 0. The first-order valence-electron chi connectivity index (χ1n) is 6.75. The van der Waals surface area contributed by atoms with Crippen LogP contribution in [0.4, 0.5) is 0 Å². The number of nitrogens with zero attached hydrogens (tertiary/aromatic N) is 1. The zero-order chi connectivity index (χ0) is 13.7. The van der Waals surface area contributed by atoms with Crippen LogP contribution in [0.15, 0.2) is 36.5 Å². The molecule has 2 rings (SSSR count). The van der Waals surface area contributed by atoms with Crippen LogP contribution >= 0.6 is 11.3 Å². The summed E-state index contributed by atoms with van der Waals surface area (Å²) in [4.78, 5) is 5.82. The van der Waals surface area contributed by atoms with Gasteiger partial charge < -0.3 is 5.32 Å². The van der Waals surface area contributed by atoms with E-state index in [1.165, 1.54) is 15.4 Å². The van der Waals surface area contributed by atoms with Crippen LogP contribution in [0.5, 0.6) is 0 Å².